The predicted molar refractivity (Wildman–Crippen MR) is 104 cm³/mol. The molecule has 5 rings (SSSR count). The van der Waals surface area contributed by atoms with Crippen LogP contribution in [0.25, 0.3) is 27.5 Å². The summed E-state index contributed by atoms with van der Waals surface area (Å²) in [6, 6.07) is 17.7. The Labute approximate surface area is 159 Å². The second-order valence-corrected chi connectivity index (χ2v) is 7.27. The Hall–Kier alpha value is -3.19. The van der Waals surface area contributed by atoms with Crippen LogP contribution in [0, 0.1) is 6.92 Å². The fraction of sp³-hybridized carbons (Fsp3) is 0.150. The highest BCUT2D eigenvalue weighted by molar-refractivity contribution is 7.16. The lowest BCUT2D eigenvalue weighted by molar-refractivity contribution is 0.225. The Morgan fingerprint density at radius 3 is 2.63 bits per heavy atom. The van der Waals surface area contributed by atoms with Gasteiger partial charge in [0, 0.05) is 10.9 Å². The van der Waals surface area contributed by atoms with Crippen LogP contribution in [-0.4, -0.2) is 19.8 Å². The molecule has 0 amide bonds. The van der Waals surface area contributed by atoms with E-state index in [0.29, 0.717) is 16.5 Å². The number of hydrogen-bond donors (Lipinski definition) is 0. The first-order chi connectivity index (χ1) is 13.2. The zero-order valence-electron chi connectivity index (χ0n) is 14.8. The molecule has 134 valence electrons. The van der Waals surface area contributed by atoms with Gasteiger partial charge in [0.1, 0.15) is 17.4 Å². The lowest BCUT2D eigenvalue weighted by atomic mass is 10.1. The monoisotopic (exact) mass is 376 g/mol. The van der Waals surface area contributed by atoms with Crippen molar-refractivity contribution in [2.75, 3.05) is 0 Å². The highest BCUT2D eigenvalue weighted by Crippen LogP contribution is 2.33. The molecule has 0 unspecified atom stereocenters. The number of aryl methyl sites for hydroxylation is 1. The second-order valence-electron chi connectivity index (χ2n) is 6.28. The van der Waals surface area contributed by atoms with E-state index in [0.717, 1.165) is 27.3 Å². The van der Waals surface area contributed by atoms with Crippen molar-refractivity contribution < 1.29 is 9.15 Å². The number of furan rings is 1. The van der Waals surface area contributed by atoms with E-state index < -0.39 is 0 Å². The lowest BCUT2D eigenvalue weighted by Crippen LogP contribution is -2.03. The molecular formula is C20H16N4O2S. The van der Waals surface area contributed by atoms with Crippen molar-refractivity contribution >= 4 is 27.3 Å². The largest absolute Gasteiger partial charge is 0.483 e. The number of rotatable bonds is 4. The van der Waals surface area contributed by atoms with Crippen LogP contribution in [0.2, 0.25) is 0 Å². The Kier molecular flexibility index (Phi) is 3.68. The summed E-state index contributed by atoms with van der Waals surface area (Å²) in [6.07, 6.45) is -0.191. The molecule has 5 aromatic rings. The van der Waals surface area contributed by atoms with Gasteiger partial charge in [-0.25, -0.2) is 0 Å². The number of aromatic nitrogens is 4. The second kappa shape index (κ2) is 6.21. The standard InChI is InChI=1S/C20H16N4O2S/c1-12-15-10-6-7-11-16(15)26-17(12)18-21-22-20-24(18)23-19(27-20)13(2)25-14-8-4-3-5-9-14/h3-11,13H,1-2H3/t13-/m0/s1. The smallest absolute Gasteiger partial charge is 0.235 e. The van der Waals surface area contributed by atoms with E-state index in [1.165, 1.54) is 11.3 Å². The maximum absolute atomic E-state index is 6.03. The molecule has 6 nitrogen and oxygen atoms in total. The predicted octanol–water partition coefficient (Wildman–Crippen LogP) is 5.05. The number of nitrogens with zero attached hydrogens (tertiary/aromatic N) is 4. The van der Waals surface area contributed by atoms with E-state index in [9.17, 15) is 0 Å². The van der Waals surface area contributed by atoms with Crippen LogP contribution in [0.3, 0.4) is 0 Å². The molecule has 3 aromatic heterocycles. The van der Waals surface area contributed by atoms with E-state index in [4.69, 9.17) is 9.15 Å². The van der Waals surface area contributed by atoms with Crippen molar-refractivity contribution in [1.29, 1.82) is 0 Å². The third-order valence-electron chi connectivity index (χ3n) is 4.46. The van der Waals surface area contributed by atoms with Crippen molar-refractivity contribution in [3.63, 3.8) is 0 Å². The average Bonchev–Trinajstić information content (AvgIpc) is 3.36. The highest BCUT2D eigenvalue weighted by atomic mass is 32.1. The van der Waals surface area contributed by atoms with Crippen LogP contribution in [0.4, 0.5) is 0 Å². The number of ether oxygens (including phenoxy) is 1. The van der Waals surface area contributed by atoms with E-state index in [-0.39, 0.29) is 6.10 Å². The molecule has 0 aliphatic carbocycles. The highest BCUT2D eigenvalue weighted by Gasteiger charge is 2.22. The number of fused-ring (bicyclic) bond motifs is 2. The quantitative estimate of drug-likeness (QED) is 0.439. The van der Waals surface area contributed by atoms with E-state index in [1.807, 2.05) is 68.4 Å². The summed E-state index contributed by atoms with van der Waals surface area (Å²) in [5.74, 6) is 2.11. The van der Waals surface area contributed by atoms with Crippen molar-refractivity contribution in [3.8, 4) is 17.3 Å². The zero-order valence-corrected chi connectivity index (χ0v) is 15.6. The van der Waals surface area contributed by atoms with Crippen molar-refractivity contribution in [2.45, 2.75) is 20.0 Å². The van der Waals surface area contributed by atoms with E-state index in [1.54, 1.807) is 4.52 Å². The third-order valence-corrected chi connectivity index (χ3v) is 5.52. The van der Waals surface area contributed by atoms with Crippen molar-refractivity contribution in [1.82, 2.24) is 19.8 Å². The maximum atomic E-state index is 6.03. The maximum Gasteiger partial charge on any atom is 0.235 e. The SMILES string of the molecule is Cc1c(-c2nnc3sc([C@H](C)Oc4ccccc4)nn23)oc2ccccc12. The van der Waals surface area contributed by atoms with Crippen molar-refractivity contribution in [2.24, 2.45) is 0 Å². The molecule has 27 heavy (non-hydrogen) atoms. The zero-order chi connectivity index (χ0) is 18.4. The molecule has 0 saturated carbocycles. The van der Waals surface area contributed by atoms with E-state index in [2.05, 4.69) is 15.3 Å². The molecular weight excluding hydrogens is 360 g/mol. The van der Waals surface area contributed by atoms with Gasteiger partial charge in [-0.2, -0.15) is 9.61 Å². The topological polar surface area (TPSA) is 65.5 Å². The number of hydrogen-bond acceptors (Lipinski definition) is 6. The summed E-state index contributed by atoms with van der Waals surface area (Å²) >= 11 is 1.46. The number of para-hydroxylation sites is 2. The Morgan fingerprint density at radius 2 is 1.81 bits per heavy atom. The minimum Gasteiger partial charge on any atom is -0.483 e. The average molecular weight is 376 g/mol. The van der Waals surface area contributed by atoms with Gasteiger partial charge in [-0.05, 0) is 32.0 Å². The first-order valence-corrected chi connectivity index (χ1v) is 9.44. The van der Waals surface area contributed by atoms with Gasteiger partial charge in [-0.15, -0.1) is 10.2 Å². The van der Waals surface area contributed by atoms with Gasteiger partial charge in [0.25, 0.3) is 0 Å². The van der Waals surface area contributed by atoms with Gasteiger partial charge in [-0.1, -0.05) is 47.7 Å². The molecule has 7 heteroatoms. The Morgan fingerprint density at radius 1 is 1.04 bits per heavy atom. The summed E-state index contributed by atoms with van der Waals surface area (Å²) in [7, 11) is 0. The van der Waals surface area contributed by atoms with Crippen LogP contribution < -0.4 is 4.74 Å². The molecule has 0 spiro atoms. The van der Waals surface area contributed by atoms with E-state index >= 15 is 0 Å². The molecule has 0 N–H and O–H groups in total. The molecule has 0 bridgehead atoms. The van der Waals surface area contributed by atoms with Gasteiger partial charge < -0.3 is 9.15 Å². The Balaban J connectivity index is 1.54. The molecule has 2 aromatic carbocycles. The van der Waals surface area contributed by atoms with Crippen LogP contribution in [0.15, 0.2) is 59.0 Å². The molecule has 0 aliphatic rings. The number of benzene rings is 2. The fourth-order valence-corrected chi connectivity index (χ4v) is 3.90. The molecule has 0 aliphatic heterocycles. The first-order valence-electron chi connectivity index (χ1n) is 8.63. The van der Waals surface area contributed by atoms with Crippen molar-refractivity contribution in [3.05, 3.63) is 65.2 Å². The molecule has 1 atom stereocenters. The molecule has 0 saturated heterocycles. The van der Waals surface area contributed by atoms with Gasteiger partial charge in [0.2, 0.25) is 10.8 Å². The normalized spacial score (nSPS) is 12.7. The third kappa shape index (κ3) is 2.67. The molecule has 0 radical (unpaired) electrons. The fourth-order valence-electron chi connectivity index (χ4n) is 3.08. The summed E-state index contributed by atoms with van der Waals surface area (Å²) in [6.45, 7) is 4.00. The first kappa shape index (κ1) is 16.0. The van der Waals surface area contributed by atoms with Gasteiger partial charge in [-0.3, -0.25) is 0 Å². The Bertz CT molecular complexity index is 1240. The molecule has 3 heterocycles. The summed E-state index contributed by atoms with van der Waals surface area (Å²) in [5.41, 5.74) is 1.86. The minimum atomic E-state index is -0.191. The van der Waals surface area contributed by atoms with Crippen LogP contribution in [0.5, 0.6) is 5.75 Å². The van der Waals surface area contributed by atoms with Gasteiger partial charge in [0.15, 0.2) is 10.8 Å². The van der Waals surface area contributed by atoms with Crippen LogP contribution in [-0.2, 0) is 0 Å². The molecule has 0 fully saturated rings. The summed E-state index contributed by atoms with van der Waals surface area (Å²) in [5, 5.41) is 15.1. The van der Waals surface area contributed by atoms with Gasteiger partial charge >= 0.3 is 0 Å². The van der Waals surface area contributed by atoms with Gasteiger partial charge in [0.05, 0.1) is 0 Å². The minimum absolute atomic E-state index is 0.191. The van der Waals surface area contributed by atoms with Crippen LogP contribution in [0.1, 0.15) is 23.6 Å². The summed E-state index contributed by atoms with van der Waals surface area (Å²) < 4.78 is 13.7. The summed E-state index contributed by atoms with van der Waals surface area (Å²) in [4.78, 5) is 0.711. The lowest BCUT2D eigenvalue weighted by Gasteiger charge is -2.11. The van der Waals surface area contributed by atoms with Crippen LogP contribution >= 0.6 is 11.3 Å².